The van der Waals surface area contributed by atoms with Crippen molar-refractivity contribution in [2.75, 3.05) is 41.0 Å². The minimum atomic E-state index is 0. The number of ether oxygens (including phenoxy) is 3. The van der Waals surface area contributed by atoms with Crippen LogP contribution in [-0.2, 0) is 11.2 Å². The van der Waals surface area contributed by atoms with E-state index in [0.29, 0.717) is 42.6 Å². The third-order valence-electron chi connectivity index (χ3n) is 4.75. The normalized spacial score (nSPS) is 14.3. The third-order valence-corrected chi connectivity index (χ3v) is 4.75. The fraction of sp³-hybridized carbons (Fsp3) is 0.632. The van der Waals surface area contributed by atoms with Gasteiger partial charge in [-0.1, -0.05) is 0 Å². The number of methoxy groups -OCH3 is 3. The molecule has 7 heteroatoms. The minimum Gasteiger partial charge on any atom is -0.496 e. The number of hydrogen-bond acceptors (Lipinski definition) is 5. The fourth-order valence-corrected chi connectivity index (χ4v) is 3.25. The van der Waals surface area contributed by atoms with Gasteiger partial charge in [0, 0.05) is 30.7 Å². The fourth-order valence-electron chi connectivity index (χ4n) is 3.25. The number of amides is 1. The van der Waals surface area contributed by atoms with Crippen LogP contribution < -0.4 is 24.8 Å². The zero-order valence-electron chi connectivity index (χ0n) is 15.9. The first-order valence-electron chi connectivity index (χ1n) is 8.94. The van der Waals surface area contributed by atoms with Gasteiger partial charge in [0.25, 0.3) is 0 Å². The Balaban J connectivity index is 0.00000338. The van der Waals surface area contributed by atoms with E-state index in [4.69, 9.17) is 14.2 Å². The Bertz CT molecular complexity index is 537. The first-order chi connectivity index (χ1) is 12.2. The van der Waals surface area contributed by atoms with Crippen LogP contribution in [0.5, 0.6) is 17.2 Å². The highest BCUT2D eigenvalue weighted by Crippen LogP contribution is 2.34. The van der Waals surface area contributed by atoms with E-state index >= 15 is 0 Å². The first-order valence-corrected chi connectivity index (χ1v) is 8.94. The van der Waals surface area contributed by atoms with Crippen molar-refractivity contribution in [3.8, 4) is 17.2 Å². The lowest BCUT2D eigenvalue weighted by Gasteiger charge is -2.22. The highest BCUT2D eigenvalue weighted by Gasteiger charge is 2.16. The molecule has 0 unspecified atom stereocenters. The summed E-state index contributed by atoms with van der Waals surface area (Å²) in [7, 11) is 4.85. The Morgan fingerprint density at radius 2 is 1.73 bits per heavy atom. The summed E-state index contributed by atoms with van der Waals surface area (Å²) in [5.41, 5.74) is 0.935. The van der Waals surface area contributed by atoms with E-state index in [-0.39, 0.29) is 18.3 Å². The van der Waals surface area contributed by atoms with Crippen LogP contribution in [0.1, 0.15) is 31.2 Å². The molecular formula is C19H31ClN2O4. The molecule has 1 aromatic rings. The lowest BCUT2D eigenvalue weighted by Crippen LogP contribution is -2.30. The second-order valence-corrected chi connectivity index (χ2v) is 6.34. The molecule has 2 N–H and O–H groups in total. The van der Waals surface area contributed by atoms with Gasteiger partial charge in [-0.15, -0.1) is 12.4 Å². The molecule has 0 atom stereocenters. The minimum absolute atomic E-state index is 0. The highest BCUT2D eigenvalue weighted by atomic mass is 35.5. The average molecular weight is 387 g/mol. The lowest BCUT2D eigenvalue weighted by atomic mass is 9.93. The summed E-state index contributed by atoms with van der Waals surface area (Å²) in [6, 6.07) is 3.66. The number of halogens is 1. The summed E-state index contributed by atoms with van der Waals surface area (Å²) in [5.74, 6) is 2.89. The van der Waals surface area contributed by atoms with Crippen molar-refractivity contribution >= 4 is 18.3 Å². The van der Waals surface area contributed by atoms with Crippen LogP contribution in [-0.4, -0.2) is 46.9 Å². The lowest BCUT2D eigenvalue weighted by molar-refractivity contribution is -0.121. The topological polar surface area (TPSA) is 68.8 Å². The van der Waals surface area contributed by atoms with Crippen LogP contribution >= 0.6 is 12.4 Å². The first kappa shape index (κ1) is 22.4. The molecule has 1 saturated heterocycles. The van der Waals surface area contributed by atoms with Gasteiger partial charge in [-0.2, -0.15) is 0 Å². The van der Waals surface area contributed by atoms with E-state index in [1.54, 1.807) is 21.3 Å². The second kappa shape index (κ2) is 11.9. The standard InChI is InChI=1S/C19H30N2O4.ClH/c1-23-15-12-17(24-2)16(18(13-15)25-3)8-11-21-19(22)5-4-14-6-9-20-10-7-14;/h12-14,20H,4-11H2,1-3H3,(H,21,22);1H. The van der Waals surface area contributed by atoms with Crippen molar-refractivity contribution in [2.24, 2.45) is 5.92 Å². The third kappa shape index (κ3) is 6.57. The molecular weight excluding hydrogens is 356 g/mol. The van der Waals surface area contributed by atoms with Gasteiger partial charge in [0.1, 0.15) is 17.2 Å². The molecule has 2 rings (SSSR count). The largest absolute Gasteiger partial charge is 0.496 e. The summed E-state index contributed by atoms with van der Waals surface area (Å²) in [5, 5.41) is 6.36. The molecule has 0 saturated carbocycles. The summed E-state index contributed by atoms with van der Waals surface area (Å²) in [6.45, 7) is 2.71. The Labute approximate surface area is 162 Å². The summed E-state index contributed by atoms with van der Waals surface area (Å²) >= 11 is 0. The molecule has 1 aliphatic rings. The molecule has 0 bridgehead atoms. The summed E-state index contributed by atoms with van der Waals surface area (Å²) in [6.07, 6.45) is 4.57. The van der Waals surface area contributed by atoms with Gasteiger partial charge in [-0.05, 0) is 44.7 Å². The van der Waals surface area contributed by atoms with Gasteiger partial charge in [0.05, 0.1) is 21.3 Å². The van der Waals surface area contributed by atoms with Crippen LogP contribution in [0, 0.1) is 5.92 Å². The summed E-state index contributed by atoms with van der Waals surface area (Å²) < 4.78 is 16.1. The van der Waals surface area contributed by atoms with Gasteiger partial charge in [0.2, 0.25) is 5.91 Å². The van der Waals surface area contributed by atoms with Crippen LogP contribution in [0.25, 0.3) is 0 Å². The molecule has 0 radical (unpaired) electrons. The number of piperidine rings is 1. The van der Waals surface area contributed by atoms with Crippen molar-refractivity contribution in [1.82, 2.24) is 10.6 Å². The van der Waals surface area contributed by atoms with E-state index in [1.807, 2.05) is 12.1 Å². The molecule has 1 amide bonds. The maximum Gasteiger partial charge on any atom is 0.220 e. The van der Waals surface area contributed by atoms with Gasteiger partial charge in [-0.25, -0.2) is 0 Å². The van der Waals surface area contributed by atoms with E-state index < -0.39 is 0 Å². The number of nitrogens with one attached hydrogen (secondary N) is 2. The smallest absolute Gasteiger partial charge is 0.220 e. The molecule has 148 valence electrons. The zero-order chi connectivity index (χ0) is 18.1. The van der Waals surface area contributed by atoms with E-state index in [1.165, 1.54) is 12.8 Å². The predicted octanol–water partition coefficient (Wildman–Crippen LogP) is 2.57. The van der Waals surface area contributed by atoms with E-state index in [9.17, 15) is 4.79 Å². The van der Waals surface area contributed by atoms with Crippen LogP contribution in [0.15, 0.2) is 12.1 Å². The van der Waals surface area contributed by atoms with Gasteiger partial charge < -0.3 is 24.8 Å². The molecule has 0 aromatic heterocycles. The van der Waals surface area contributed by atoms with Gasteiger partial charge in [0.15, 0.2) is 0 Å². The van der Waals surface area contributed by atoms with Gasteiger partial charge in [-0.3, -0.25) is 4.79 Å². The molecule has 1 aromatic carbocycles. The van der Waals surface area contributed by atoms with Crippen molar-refractivity contribution in [2.45, 2.75) is 32.1 Å². The van der Waals surface area contributed by atoms with E-state index in [2.05, 4.69) is 10.6 Å². The van der Waals surface area contributed by atoms with Crippen LogP contribution in [0.3, 0.4) is 0 Å². The Morgan fingerprint density at radius 1 is 1.12 bits per heavy atom. The number of hydrogen-bond donors (Lipinski definition) is 2. The van der Waals surface area contributed by atoms with Gasteiger partial charge >= 0.3 is 0 Å². The molecule has 1 aliphatic heterocycles. The molecule has 1 heterocycles. The monoisotopic (exact) mass is 386 g/mol. The molecule has 6 nitrogen and oxygen atoms in total. The van der Waals surface area contributed by atoms with Crippen molar-refractivity contribution in [3.63, 3.8) is 0 Å². The maximum atomic E-state index is 12.1. The Kier molecular flexibility index (Phi) is 10.2. The molecule has 1 fully saturated rings. The van der Waals surface area contributed by atoms with Crippen molar-refractivity contribution in [3.05, 3.63) is 17.7 Å². The number of benzene rings is 1. The predicted molar refractivity (Wildman–Crippen MR) is 105 cm³/mol. The van der Waals surface area contributed by atoms with Crippen molar-refractivity contribution in [1.29, 1.82) is 0 Å². The van der Waals surface area contributed by atoms with Crippen molar-refractivity contribution < 1.29 is 19.0 Å². The second-order valence-electron chi connectivity index (χ2n) is 6.34. The molecule has 0 spiro atoms. The van der Waals surface area contributed by atoms with E-state index in [0.717, 1.165) is 25.1 Å². The summed E-state index contributed by atoms with van der Waals surface area (Å²) in [4.78, 5) is 12.1. The number of rotatable bonds is 9. The SMILES string of the molecule is COc1cc(OC)c(CCNC(=O)CCC2CCNCC2)c(OC)c1.Cl. The highest BCUT2D eigenvalue weighted by molar-refractivity contribution is 5.85. The molecule has 26 heavy (non-hydrogen) atoms. The van der Waals surface area contributed by atoms with Crippen LogP contribution in [0.4, 0.5) is 0 Å². The zero-order valence-corrected chi connectivity index (χ0v) is 16.7. The number of carbonyl (C=O) groups is 1. The number of carbonyl (C=O) groups excluding carboxylic acids is 1. The quantitative estimate of drug-likeness (QED) is 0.682. The van der Waals surface area contributed by atoms with Crippen LogP contribution in [0.2, 0.25) is 0 Å². The average Bonchev–Trinajstić information content (AvgIpc) is 2.66. The molecule has 0 aliphatic carbocycles. The Hall–Kier alpha value is -1.66. The Morgan fingerprint density at radius 3 is 2.27 bits per heavy atom. The maximum absolute atomic E-state index is 12.1.